The number of benzene rings is 1. The predicted octanol–water partition coefficient (Wildman–Crippen LogP) is 2.79. The molecule has 1 atom stereocenters. The molecule has 2 aromatic rings. The molecule has 1 fully saturated rings. The number of hydrogen-bond donors (Lipinski definition) is 1. The summed E-state index contributed by atoms with van der Waals surface area (Å²) in [7, 11) is 3.75. The second-order valence-corrected chi connectivity index (χ2v) is 6.42. The van der Waals surface area contributed by atoms with Crippen LogP contribution in [-0.2, 0) is 13.6 Å². The largest absolute Gasteiger partial charge is 0.493 e. The summed E-state index contributed by atoms with van der Waals surface area (Å²) >= 11 is 0. The fraction of sp³-hybridized carbons (Fsp3) is 0.526. The number of aryl methyl sites for hydroxylation is 1. The van der Waals surface area contributed by atoms with Crippen LogP contribution in [0.5, 0.6) is 11.5 Å². The standard InChI is InChI=1S/C19H28N4O2.ClH/c1-4-11-25-17-6-5-15(12-18(17)24-3)14-23-10-7-20-13-16(23)19-21-8-9-22(19)2;/h5-6,8-9,12,16,20H,4,7,10-11,13-14H2,1-3H3;1H. The molecule has 0 spiro atoms. The second-order valence-electron chi connectivity index (χ2n) is 6.42. The third-order valence-electron chi connectivity index (χ3n) is 4.59. The molecule has 7 heteroatoms. The first kappa shape index (κ1) is 20.6. The molecule has 0 aliphatic carbocycles. The highest BCUT2D eigenvalue weighted by molar-refractivity contribution is 5.85. The smallest absolute Gasteiger partial charge is 0.161 e. The molecule has 1 aromatic heterocycles. The third kappa shape index (κ3) is 4.69. The number of piperazine rings is 1. The monoisotopic (exact) mass is 380 g/mol. The Morgan fingerprint density at radius 3 is 2.85 bits per heavy atom. The summed E-state index contributed by atoms with van der Waals surface area (Å²) < 4.78 is 13.4. The maximum Gasteiger partial charge on any atom is 0.161 e. The number of aromatic nitrogens is 2. The van der Waals surface area contributed by atoms with Gasteiger partial charge >= 0.3 is 0 Å². The van der Waals surface area contributed by atoms with Crippen molar-refractivity contribution in [1.29, 1.82) is 0 Å². The lowest BCUT2D eigenvalue weighted by atomic mass is 10.1. The van der Waals surface area contributed by atoms with E-state index >= 15 is 0 Å². The molecule has 26 heavy (non-hydrogen) atoms. The summed E-state index contributed by atoms with van der Waals surface area (Å²) in [5.74, 6) is 2.71. The molecule has 1 saturated heterocycles. The minimum atomic E-state index is 0. The predicted molar refractivity (Wildman–Crippen MR) is 105 cm³/mol. The average molecular weight is 381 g/mol. The first-order valence-electron chi connectivity index (χ1n) is 8.94. The minimum absolute atomic E-state index is 0. The molecule has 3 rings (SSSR count). The van der Waals surface area contributed by atoms with Gasteiger partial charge in [0.05, 0.1) is 19.8 Å². The van der Waals surface area contributed by atoms with Gasteiger partial charge in [0.15, 0.2) is 11.5 Å². The van der Waals surface area contributed by atoms with Crippen LogP contribution in [0.4, 0.5) is 0 Å². The highest BCUT2D eigenvalue weighted by Gasteiger charge is 2.26. The zero-order valence-corrected chi connectivity index (χ0v) is 16.6. The van der Waals surface area contributed by atoms with E-state index in [1.165, 1.54) is 5.56 Å². The van der Waals surface area contributed by atoms with Crippen molar-refractivity contribution in [3.8, 4) is 11.5 Å². The van der Waals surface area contributed by atoms with Gasteiger partial charge in [-0.25, -0.2) is 4.98 Å². The molecule has 0 saturated carbocycles. The average Bonchev–Trinajstić information content (AvgIpc) is 3.06. The molecule has 0 bridgehead atoms. The van der Waals surface area contributed by atoms with Crippen molar-refractivity contribution in [3.05, 3.63) is 42.0 Å². The summed E-state index contributed by atoms with van der Waals surface area (Å²) in [6.07, 6.45) is 4.85. The highest BCUT2D eigenvalue weighted by Crippen LogP contribution is 2.30. The van der Waals surface area contributed by atoms with Crippen LogP contribution in [0.25, 0.3) is 0 Å². The van der Waals surface area contributed by atoms with Crippen LogP contribution < -0.4 is 14.8 Å². The maximum absolute atomic E-state index is 5.76. The Kier molecular flexibility index (Phi) is 7.75. The van der Waals surface area contributed by atoms with E-state index in [4.69, 9.17) is 9.47 Å². The molecule has 1 aliphatic heterocycles. The van der Waals surface area contributed by atoms with E-state index in [9.17, 15) is 0 Å². The number of methoxy groups -OCH3 is 1. The molecule has 6 nitrogen and oxygen atoms in total. The fourth-order valence-corrected chi connectivity index (χ4v) is 3.26. The van der Waals surface area contributed by atoms with Crippen LogP contribution >= 0.6 is 12.4 Å². The number of halogens is 1. The normalized spacial score (nSPS) is 17.6. The van der Waals surface area contributed by atoms with Crippen molar-refractivity contribution in [2.45, 2.75) is 25.9 Å². The van der Waals surface area contributed by atoms with Gasteiger partial charge in [-0.3, -0.25) is 4.90 Å². The third-order valence-corrected chi connectivity index (χ3v) is 4.59. The van der Waals surface area contributed by atoms with Crippen molar-refractivity contribution in [2.24, 2.45) is 7.05 Å². The van der Waals surface area contributed by atoms with Gasteiger partial charge in [0.1, 0.15) is 5.82 Å². The van der Waals surface area contributed by atoms with Crippen molar-refractivity contribution in [3.63, 3.8) is 0 Å². The van der Waals surface area contributed by atoms with Crippen molar-refractivity contribution in [2.75, 3.05) is 33.4 Å². The SMILES string of the molecule is CCCOc1ccc(CN2CCNCC2c2nccn2C)cc1OC.Cl. The minimum Gasteiger partial charge on any atom is -0.493 e. The van der Waals surface area contributed by atoms with Gasteiger partial charge in [-0.1, -0.05) is 13.0 Å². The summed E-state index contributed by atoms with van der Waals surface area (Å²) in [4.78, 5) is 7.02. The zero-order chi connectivity index (χ0) is 17.6. The van der Waals surface area contributed by atoms with Crippen molar-refractivity contribution >= 4 is 12.4 Å². The van der Waals surface area contributed by atoms with E-state index in [0.717, 1.165) is 49.9 Å². The van der Waals surface area contributed by atoms with E-state index in [-0.39, 0.29) is 18.4 Å². The van der Waals surface area contributed by atoms with Crippen LogP contribution in [0.15, 0.2) is 30.6 Å². The Labute approximate surface area is 161 Å². The number of nitrogens with one attached hydrogen (secondary N) is 1. The number of ether oxygens (including phenoxy) is 2. The quantitative estimate of drug-likeness (QED) is 0.800. The first-order valence-corrected chi connectivity index (χ1v) is 8.94. The summed E-state index contributed by atoms with van der Waals surface area (Å²) in [6.45, 7) is 6.57. The zero-order valence-electron chi connectivity index (χ0n) is 15.8. The molecule has 1 unspecified atom stereocenters. The number of hydrogen-bond acceptors (Lipinski definition) is 5. The summed E-state index contributed by atoms with van der Waals surface area (Å²) in [5.41, 5.74) is 1.22. The van der Waals surface area contributed by atoms with Crippen LogP contribution in [-0.4, -0.2) is 47.8 Å². The van der Waals surface area contributed by atoms with Gasteiger partial charge in [-0.05, 0) is 24.1 Å². The van der Waals surface area contributed by atoms with Gasteiger partial charge in [-0.2, -0.15) is 0 Å². The molecule has 1 aliphatic rings. The Balaban J connectivity index is 0.00000243. The molecule has 1 aromatic carbocycles. The number of rotatable bonds is 7. The molecule has 2 heterocycles. The molecule has 144 valence electrons. The van der Waals surface area contributed by atoms with Gasteiger partial charge in [0, 0.05) is 45.6 Å². The van der Waals surface area contributed by atoms with Crippen LogP contribution in [0.1, 0.15) is 30.8 Å². The van der Waals surface area contributed by atoms with Crippen LogP contribution in [0, 0.1) is 0 Å². The van der Waals surface area contributed by atoms with Gasteiger partial charge in [0.2, 0.25) is 0 Å². The Hall–Kier alpha value is -1.76. The number of imidazole rings is 1. The lowest BCUT2D eigenvalue weighted by molar-refractivity contribution is 0.144. The van der Waals surface area contributed by atoms with E-state index in [0.29, 0.717) is 6.61 Å². The molecular formula is C19H29ClN4O2. The first-order chi connectivity index (χ1) is 12.2. The van der Waals surface area contributed by atoms with Crippen LogP contribution in [0.3, 0.4) is 0 Å². The number of nitrogens with zero attached hydrogens (tertiary/aromatic N) is 3. The van der Waals surface area contributed by atoms with E-state index in [1.54, 1.807) is 7.11 Å². The van der Waals surface area contributed by atoms with E-state index in [1.807, 2.05) is 18.5 Å². The van der Waals surface area contributed by atoms with Gasteiger partial charge in [-0.15, -0.1) is 12.4 Å². The van der Waals surface area contributed by atoms with Crippen molar-refractivity contribution in [1.82, 2.24) is 19.8 Å². The molecule has 0 radical (unpaired) electrons. The fourth-order valence-electron chi connectivity index (χ4n) is 3.26. The Bertz CT molecular complexity index is 692. The molecular weight excluding hydrogens is 352 g/mol. The lowest BCUT2D eigenvalue weighted by Gasteiger charge is -2.35. The summed E-state index contributed by atoms with van der Waals surface area (Å²) in [6, 6.07) is 6.51. The lowest BCUT2D eigenvalue weighted by Crippen LogP contribution is -2.46. The maximum atomic E-state index is 5.76. The highest BCUT2D eigenvalue weighted by atomic mass is 35.5. The molecule has 1 N–H and O–H groups in total. The van der Waals surface area contributed by atoms with Crippen LogP contribution in [0.2, 0.25) is 0 Å². The molecule has 0 amide bonds. The Morgan fingerprint density at radius 1 is 1.31 bits per heavy atom. The second kappa shape index (κ2) is 9.80. The summed E-state index contributed by atoms with van der Waals surface area (Å²) in [5, 5.41) is 3.48. The van der Waals surface area contributed by atoms with Crippen molar-refractivity contribution < 1.29 is 9.47 Å². The van der Waals surface area contributed by atoms with E-state index in [2.05, 4.69) is 45.9 Å². The van der Waals surface area contributed by atoms with E-state index < -0.39 is 0 Å². The van der Waals surface area contributed by atoms with Gasteiger partial charge < -0.3 is 19.4 Å². The topological polar surface area (TPSA) is 51.5 Å². The van der Waals surface area contributed by atoms with Gasteiger partial charge in [0.25, 0.3) is 0 Å². The Morgan fingerprint density at radius 2 is 2.15 bits per heavy atom.